The SMILES string of the molecule is COC1CN(CC2CCC(N)CC2)C1. The maximum Gasteiger partial charge on any atom is 0.0824 e. The van der Waals surface area contributed by atoms with Gasteiger partial charge in [-0.15, -0.1) is 0 Å². The van der Waals surface area contributed by atoms with Gasteiger partial charge < -0.3 is 10.5 Å². The van der Waals surface area contributed by atoms with Gasteiger partial charge in [0.15, 0.2) is 0 Å². The number of likely N-dealkylation sites (tertiary alicyclic amines) is 1. The second kappa shape index (κ2) is 4.60. The Labute approximate surface area is 86.6 Å². The Hall–Kier alpha value is -0.120. The van der Waals surface area contributed by atoms with Crippen molar-refractivity contribution in [3.63, 3.8) is 0 Å². The number of nitrogens with zero attached hydrogens (tertiary/aromatic N) is 1. The van der Waals surface area contributed by atoms with Gasteiger partial charge in [0, 0.05) is 32.8 Å². The molecule has 1 aliphatic carbocycles. The van der Waals surface area contributed by atoms with Crippen molar-refractivity contribution in [1.29, 1.82) is 0 Å². The molecule has 1 heterocycles. The number of rotatable bonds is 3. The van der Waals surface area contributed by atoms with E-state index in [9.17, 15) is 0 Å². The molecule has 1 aliphatic heterocycles. The summed E-state index contributed by atoms with van der Waals surface area (Å²) in [6.45, 7) is 3.55. The molecule has 0 aromatic heterocycles. The van der Waals surface area contributed by atoms with Crippen molar-refractivity contribution in [2.45, 2.75) is 37.8 Å². The predicted octanol–water partition coefficient (Wildman–Crippen LogP) is 0.835. The molecule has 82 valence electrons. The van der Waals surface area contributed by atoms with Gasteiger partial charge in [-0.1, -0.05) is 0 Å². The lowest BCUT2D eigenvalue weighted by molar-refractivity contribution is -0.0380. The number of nitrogens with two attached hydrogens (primary N) is 1. The highest BCUT2D eigenvalue weighted by Crippen LogP contribution is 2.25. The van der Waals surface area contributed by atoms with Crippen molar-refractivity contribution in [1.82, 2.24) is 4.90 Å². The Balaban J connectivity index is 1.62. The molecule has 0 atom stereocenters. The van der Waals surface area contributed by atoms with Gasteiger partial charge >= 0.3 is 0 Å². The van der Waals surface area contributed by atoms with E-state index in [-0.39, 0.29) is 0 Å². The molecule has 2 fully saturated rings. The third-order valence-corrected chi connectivity index (χ3v) is 3.66. The standard InChI is InChI=1S/C11H22N2O/c1-14-11-7-13(8-11)6-9-2-4-10(12)5-3-9/h9-11H,2-8,12H2,1H3. The lowest BCUT2D eigenvalue weighted by atomic mass is 9.85. The van der Waals surface area contributed by atoms with E-state index < -0.39 is 0 Å². The average molecular weight is 198 g/mol. The molecule has 2 rings (SSSR count). The zero-order valence-corrected chi connectivity index (χ0v) is 9.11. The molecule has 3 heteroatoms. The first-order valence-electron chi connectivity index (χ1n) is 5.78. The van der Waals surface area contributed by atoms with Crippen molar-refractivity contribution in [3.8, 4) is 0 Å². The summed E-state index contributed by atoms with van der Waals surface area (Å²) in [4.78, 5) is 2.51. The van der Waals surface area contributed by atoms with Crippen molar-refractivity contribution in [2.24, 2.45) is 11.7 Å². The molecular formula is C11H22N2O. The highest BCUT2D eigenvalue weighted by Gasteiger charge is 2.29. The molecule has 14 heavy (non-hydrogen) atoms. The molecule has 1 saturated heterocycles. The van der Waals surface area contributed by atoms with Gasteiger partial charge in [0.2, 0.25) is 0 Å². The Morgan fingerprint density at radius 1 is 1.21 bits per heavy atom. The lowest BCUT2D eigenvalue weighted by Gasteiger charge is -2.41. The summed E-state index contributed by atoms with van der Waals surface area (Å²) in [6.07, 6.45) is 5.61. The van der Waals surface area contributed by atoms with E-state index in [1.165, 1.54) is 32.2 Å². The van der Waals surface area contributed by atoms with E-state index in [0.717, 1.165) is 19.0 Å². The van der Waals surface area contributed by atoms with Gasteiger partial charge in [0.05, 0.1) is 6.10 Å². The zero-order chi connectivity index (χ0) is 9.97. The zero-order valence-electron chi connectivity index (χ0n) is 9.11. The van der Waals surface area contributed by atoms with Gasteiger partial charge in [0.25, 0.3) is 0 Å². The molecule has 0 aromatic carbocycles. The van der Waals surface area contributed by atoms with Crippen LogP contribution in [0.15, 0.2) is 0 Å². The van der Waals surface area contributed by atoms with E-state index >= 15 is 0 Å². The Morgan fingerprint density at radius 2 is 1.86 bits per heavy atom. The highest BCUT2D eigenvalue weighted by molar-refractivity contribution is 4.84. The summed E-state index contributed by atoms with van der Waals surface area (Å²) in [5, 5.41) is 0. The molecule has 0 aromatic rings. The highest BCUT2D eigenvalue weighted by atomic mass is 16.5. The Bertz CT molecular complexity index is 172. The first-order valence-corrected chi connectivity index (χ1v) is 5.78. The first kappa shape index (κ1) is 10.4. The molecular weight excluding hydrogens is 176 g/mol. The summed E-state index contributed by atoms with van der Waals surface area (Å²) < 4.78 is 5.26. The van der Waals surface area contributed by atoms with Gasteiger partial charge in [-0.25, -0.2) is 0 Å². The minimum Gasteiger partial charge on any atom is -0.379 e. The molecule has 0 bridgehead atoms. The third kappa shape index (κ3) is 2.47. The van der Waals surface area contributed by atoms with Crippen LogP contribution < -0.4 is 5.73 Å². The summed E-state index contributed by atoms with van der Waals surface area (Å²) >= 11 is 0. The van der Waals surface area contributed by atoms with Crippen molar-refractivity contribution in [2.75, 3.05) is 26.7 Å². The van der Waals surface area contributed by atoms with Gasteiger partial charge in [-0.3, -0.25) is 4.90 Å². The molecule has 0 amide bonds. The molecule has 2 N–H and O–H groups in total. The van der Waals surface area contributed by atoms with Crippen LogP contribution in [0.4, 0.5) is 0 Å². The minimum atomic E-state index is 0.481. The topological polar surface area (TPSA) is 38.5 Å². The van der Waals surface area contributed by atoms with Crippen LogP contribution in [-0.2, 0) is 4.74 Å². The number of hydrogen-bond acceptors (Lipinski definition) is 3. The van der Waals surface area contributed by atoms with Gasteiger partial charge in [-0.2, -0.15) is 0 Å². The summed E-state index contributed by atoms with van der Waals surface area (Å²) in [6, 6.07) is 0.481. The van der Waals surface area contributed by atoms with Crippen LogP contribution in [0.25, 0.3) is 0 Å². The number of hydrogen-bond donors (Lipinski definition) is 1. The largest absolute Gasteiger partial charge is 0.379 e. The fourth-order valence-corrected chi connectivity index (χ4v) is 2.56. The molecule has 0 spiro atoms. The number of methoxy groups -OCH3 is 1. The van der Waals surface area contributed by atoms with Crippen LogP contribution in [0.5, 0.6) is 0 Å². The quantitative estimate of drug-likeness (QED) is 0.730. The maximum atomic E-state index is 5.88. The van der Waals surface area contributed by atoms with Gasteiger partial charge in [0.1, 0.15) is 0 Å². The van der Waals surface area contributed by atoms with Crippen molar-refractivity contribution in [3.05, 3.63) is 0 Å². The van der Waals surface area contributed by atoms with Crippen LogP contribution in [-0.4, -0.2) is 43.8 Å². The second-order valence-corrected chi connectivity index (χ2v) is 4.86. The van der Waals surface area contributed by atoms with Crippen LogP contribution in [0.3, 0.4) is 0 Å². The Kier molecular flexibility index (Phi) is 3.42. The van der Waals surface area contributed by atoms with E-state index in [4.69, 9.17) is 10.5 Å². The van der Waals surface area contributed by atoms with E-state index in [2.05, 4.69) is 4.90 Å². The predicted molar refractivity (Wildman–Crippen MR) is 57.2 cm³/mol. The van der Waals surface area contributed by atoms with Crippen molar-refractivity contribution < 1.29 is 4.74 Å². The number of ether oxygens (including phenoxy) is 1. The van der Waals surface area contributed by atoms with E-state index in [1.807, 2.05) is 7.11 Å². The normalized spacial score (nSPS) is 35.6. The summed E-state index contributed by atoms with van der Waals surface area (Å²) in [5.41, 5.74) is 5.88. The van der Waals surface area contributed by atoms with Crippen molar-refractivity contribution >= 4 is 0 Å². The molecule has 0 unspecified atom stereocenters. The fraction of sp³-hybridized carbons (Fsp3) is 1.00. The van der Waals surface area contributed by atoms with E-state index in [1.54, 1.807) is 0 Å². The molecule has 1 saturated carbocycles. The summed E-state index contributed by atoms with van der Waals surface area (Å²) in [7, 11) is 1.81. The van der Waals surface area contributed by atoms with E-state index in [0.29, 0.717) is 12.1 Å². The molecule has 3 nitrogen and oxygen atoms in total. The average Bonchev–Trinajstić information content (AvgIpc) is 2.13. The second-order valence-electron chi connectivity index (χ2n) is 4.86. The molecule has 0 radical (unpaired) electrons. The lowest BCUT2D eigenvalue weighted by Crippen LogP contribution is -2.53. The van der Waals surface area contributed by atoms with Crippen LogP contribution >= 0.6 is 0 Å². The third-order valence-electron chi connectivity index (χ3n) is 3.66. The Morgan fingerprint density at radius 3 is 2.43 bits per heavy atom. The fourth-order valence-electron chi connectivity index (χ4n) is 2.56. The van der Waals surface area contributed by atoms with Crippen LogP contribution in [0.2, 0.25) is 0 Å². The maximum absolute atomic E-state index is 5.88. The first-order chi connectivity index (χ1) is 6.78. The molecule has 2 aliphatic rings. The minimum absolute atomic E-state index is 0.481. The van der Waals surface area contributed by atoms with Crippen LogP contribution in [0.1, 0.15) is 25.7 Å². The smallest absolute Gasteiger partial charge is 0.0824 e. The summed E-state index contributed by atoms with van der Waals surface area (Å²) in [5.74, 6) is 0.896. The van der Waals surface area contributed by atoms with Gasteiger partial charge in [-0.05, 0) is 31.6 Å². The monoisotopic (exact) mass is 198 g/mol. The van der Waals surface area contributed by atoms with Crippen LogP contribution in [0, 0.1) is 5.92 Å².